The fourth-order valence-electron chi connectivity index (χ4n) is 2.43. The van der Waals surface area contributed by atoms with E-state index >= 15 is 0 Å². The molecule has 0 spiro atoms. The third kappa shape index (κ3) is 3.01. The molecule has 1 unspecified atom stereocenters. The minimum absolute atomic E-state index is 0.738. The Morgan fingerprint density at radius 3 is 3.06 bits per heavy atom. The van der Waals surface area contributed by atoms with Crippen LogP contribution in [0.15, 0.2) is 35.6 Å². The van der Waals surface area contributed by atoms with Gasteiger partial charge in [-0.15, -0.1) is 0 Å². The predicted molar refractivity (Wildman–Crippen MR) is 68.1 cm³/mol. The fraction of sp³-hybridized carbons (Fsp3) is 0.600. The van der Waals surface area contributed by atoms with Crippen molar-refractivity contribution in [2.24, 2.45) is 5.92 Å². The molecule has 1 aliphatic carbocycles. The van der Waals surface area contributed by atoms with Gasteiger partial charge in [0.15, 0.2) is 0 Å². The van der Waals surface area contributed by atoms with E-state index in [0.717, 1.165) is 18.3 Å². The normalized spacial score (nSPS) is 23.2. The van der Waals surface area contributed by atoms with Gasteiger partial charge in [0, 0.05) is 0 Å². The van der Waals surface area contributed by atoms with E-state index in [4.69, 9.17) is 4.74 Å². The number of rotatable bonds is 5. The van der Waals surface area contributed by atoms with Crippen LogP contribution >= 0.6 is 0 Å². The first-order valence-electron chi connectivity index (χ1n) is 6.61. The average Bonchev–Trinajstić information content (AvgIpc) is 2.34. The van der Waals surface area contributed by atoms with Crippen LogP contribution in [0.3, 0.4) is 0 Å². The van der Waals surface area contributed by atoms with Gasteiger partial charge in [-0.1, -0.05) is 44.8 Å². The molecule has 1 heterocycles. The molecule has 0 saturated carbocycles. The van der Waals surface area contributed by atoms with Crippen molar-refractivity contribution in [3.8, 4) is 0 Å². The first-order valence-corrected chi connectivity index (χ1v) is 6.61. The Morgan fingerprint density at radius 2 is 2.19 bits per heavy atom. The van der Waals surface area contributed by atoms with E-state index in [0.29, 0.717) is 0 Å². The van der Waals surface area contributed by atoms with Gasteiger partial charge in [-0.05, 0) is 36.5 Å². The number of ether oxygens (including phenoxy) is 1. The predicted octanol–water partition coefficient (Wildman–Crippen LogP) is 4.37. The molecule has 0 radical (unpaired) electrons. The molecule has 0 saturated heterocycles. The maximum Gasteiger partial charge on any atom is 0.122 e. The summed E-state index contributed by atoms with van der Waals surface area (Å²) in [7, 11) is 0. The minimum atomic E-state index is 0.738. The monoisotopic (exact) mass is 218 g/mol. The molecule has 2 aliphatic rings. The zero-order valence-electron chi connectivity index (χ0n) is 10.2. The highest BCUT2D eigenvalue weighted by molar-refractivity contribution is 5.35. The van der Waals surface area contributed by atoms with E-state index in [1.807, 2.05) is 0 Å². The smallest absolute Gasteiger partial charge is 0.122 e. The van der Waals surface area contributed by atoms with Gasteiger partial charge in [0.2, 0.25) is 0 Å². The van der Waals surface area contributed by atoms with Gasteiger partial charge in [0.1, 0.15) is 12.4 Å². The quantitative estimate of drug-likeness (QED) is 0.622. The second-order valence-corrected chi connectivity index (χ2v) is 4.78. The Balaban J connectivity index is 1.77. The van der Waals surface area contributed by atoms with Gasteiger partial charge in [-0.25, -0.2) is 0 Å². The van der Waals surface area contributed by atoms with Gasteiger partial charge < -0.3 is 4.74 Å². The van der Waals surface area contributed by atoms with E-state index in [1.54, 1.807) is 0 Å². The summed E-state index contributed by atoms with van der Waals surface area (Å²) in [6.45, 7) is 3.01. The fourth-order valence-corrected chi connectivity index (χ4v) is 2.43. The van der Waals surface area contributed by atoms with Gasteiger partial charge in [-0.3, -0.25) is 0 Å². The van der Waals surface area contributed by atoms with Crippen LogP contribution in [-0.2, 0) is 4.74 Å². The van der Waals surface area contributed by atoms with Crippen LogP contribution in [-0.4, -0.2) is 6.61 Å². The Kier molecular flexibility index (Phi) is 4.26. The molecule has 1 aliphatic heterocycles. The van der Waals surface area contributed by atoms with Crippen molar-refractivity contribution >= 4 is 0 Å². The molecule has 0 fully saturated rings. The summed E-state index contributed by atoms with van der Waals surface area (Å²) in [5.74, 6) is 1.84. The lowest BCUT2D eigenvalue weighted by Gasteiger charge is -2.23. The molecule has 0 bridgehead atoms. The highest BCUT2D eigenvalue weighted by Gasteiger charge is 2.16. The van der Waals surface area contributed by atoms with Crippen molar-refractivity contribution < 1.29 is 4.74 Å². The number of unbranched alkanes of at least 4 members (excludes halogenated alkanes) is 3. The molecule has 0 aromatic heterocycles. The summed E-state index contributed by atoms with van der Waals surface area (Å²) < 4.78 is 5.58. The maximum absolute atomic E-state index is 5.58. The number of hydrogen-bond acceptors (Lipinski definition) is 1. The van der Waals surface area contributed by atoms with E-state index in [-0.39, 0.29) is 0 Å². The molecule has 1 nitrogen and oxygen atoms in total. The minimum Gasteiger partial charge on any atom is -0.489 e. The molecular weight excluding hydrogens is 196 g/mol. The molecule has 2 rings (SSSR count). The molecule has 0 amide bonds. The number of allylic oxidation sites excluding steroid dienone is 4. The van der Waals surface area contributed by atoms with Crippen molar-refractivity contribution in [3.05, 3.63) is 35.6 Å². The summed E-state index contributed by atoms with van der Waals surface area (Å²) in [4.78, 5) is 0. The number of hydrogen-bond donors (Lipinski definition) is 0. The van der Waals surface area contributed by atoms with Crippen LogP contribution in [0.1, 0.15) is 45.4 Å². The van der Waals surface area contributed by atoms with E-state index in [2.05, 4.69) is 31.2 Å². The van der Waals surface area contributed by atoms with Crippen molar-refractivity contribution in [2.75, 3.05) is 6.61 Å². The van der Waals surface area contributed by atoms with Crippen LogP contribution in [0.25, 0.3) is 0 Å². The SMILES string of the molecule is CCCCCCC1C=CC2=C(C=CCO2)C1. The van der Waals surface area contributed by atoms with Gasteiger partial charge in [0.25, 0.3) is 0 Å². The Hall–Kier alpha value is -0.980. The Morgan fingerprint density at radius 1 is 1.25 bits per heavy atom. The lowest BCUT2D eigenvalue weighted by atomic mass is 9.88. The second-order valence-electron chi connectivity index (χ2n) is 4.78. The highest BCUT2D eigenvalue weighted by Crippen LogP contribution is 2.30. The molecule has 16 heavy (non-hydrogen) atoms. The van der Waals surface area contributed by atoms with Crippen molar-refractivity contribution in [1.82, 2.24) is 0 Å². The third-order valence-corrected chi connectivity index (χ3v) is 3.40. The Labute approximate surface area is 98.9 Å². The zero-order valence-corrected chi connectivity index (χ0v) is 10.2. The van der Waals surface area contributed by atoms with Gasteiger partial charge in [-0.2, -0.15) is 0 Å². The zero-order chi connectivity index (χ0) is 11.2. The summed E-state index contributed by atoms with van der Waals surface area (Å²) in [5, 5.41) is 0. The van der Waals surface area contributed by atoms with Crippen LogP contribution in [0.5, 0.6) is 0 Å². The van der Waals surface area contributed by atoms with E-state index in [1.165, 1.54) is 44.1 Å². The van der Waals surface area contributed by atoms with Crippen LogP contribution in [0.2, 0.25) is 0 Å². The average molecular weight is 218 g/mol. The first-order chi connectivity index (χ1) is 7.90. The van der Waals surface area contributed by atoms with Crippen LogP contribution in [0.4, 0.5) is 0 Å². The molecule has 0 aromatic rings. The molecule has 1 heteroatoms. The summed E-state index contributed by atoms with van der Waals surface area (Å²) in [5.41, 5.74) is 1.40. The lowest BCUT2D eigenvalue weighted by Crippen LogP contribution is -2.09. The van der Waals surface area contributed by atoms with Crippen LogP contribution in [0, 0.1) is 5.92 Å². The first kappa shape index (κ1) is 11.5. The molecule has 88 valence electrons. The topological polar surface area (TPSA) is 9.23 Å². The van der Waals surface area contributed by atoms with E-state index < -0.39 is 0 Å². The molecular formula is C15H22O. The third-order valence-electron chi connectivity index (χ3n) is 3.40. The molecule has 1 atom stereocenters. The maximum atomic E-state index is 5.58. The lowest BCUT2D eigenvalue weighted by molar-refractivity contribution is 0.248. The highest BCUT2D eigenvalue weighted by atomic mass is 16.5. The van der Waals surface area contributed by atoms with Crippen molar-refractivity contribution in [1.29, 1.82) is 0 Å². The summed E-state index contributed by atoms with van der Waals surface area (Å²) in [6, 6.07) is 0. The largest absolute Gasteiger partial charge is 0.489 e. The van der Waals surface area contributed by atoms with Crippen molar-refractivity contribution in [2.45, 2.75) is 45.4 Å². The summed E-state index contributed by atoms with van der Waals surface area (Å²) >= 11 is 0. The van der Waals surface area contributed by atoms with Gasteiger partial charge >= 0.3 is 0 Å². The van der Waals surface area contributed by atoms with Crippen LogP contribution < -0.4 is 0 Å². The molecule has 0 N–H and O–H groups in total. The standard InChI is InChI=1S/C15H22O/c1-2-3-4-5-7-13-9-10-15-14(12-13)8-6-11-16-15/h6,8-10,13H,2-5,7,11-12H2,1H3. The van der Waals surface area contributed by atoms with E-state index in [9.17, 15) is 0 Å². The van der Waals surface area contributed by atoms with Crippen molar-refractivity contribution in [3.63, 3.8) is 0 Å². The van der Waals surface area contributed by atoms with Gasteiger partial charge in [0.05, 0.1) is 0 Å². The second kappa shape index (κ2) is 5.93. The molecule has 0 aromatic carbocycles. The summed E-state index contributed by atoms with van der Waals surface area (Å²) in [6.07, 6.45) is 16.8. The Bertz CT molecular complexity index is 309.